The molecule has 3 aromatic carbocycles. The highest BCUT2D eigenvalue weighted by Crippen LogP contribution is 2.22. The van der Waals surface area contributed by atoms with E-state index in [2.05, 4.69) is 21.2 Å². The summed E-state index contributed by atoms with van der Waals surface area (Å²) in [7, 11) is -3.63. The van der Waals surface area contributed by atoms with E-state index >= 15 is 0 Å². The molecular formula is C22H21BrN2O4S. The molecule has 0 saturated carbocycles. The zero-order valence-corrected chi connectivity index (χ0v) is 18.7. The topological polar surface area (TPSA) is 75.7 Å². The molecular weight excluding hydrogens is 468 g/mol. The molecule has 30 heavy (non-hydrogen) atoms. The molecule has 3 aromatic rings. The van der Waals surface area contributed by atoms with E-state index in [0.29, 0.717) is 23.7 Å². The fourth-order valence-corrected chi connectivity index (χ4v) is 3.97. The SMILES string of the molecule is CS(=O)(=O)N(CC(=O)Nc1ccc(OCc2ccccc2)cc1)c1cccc(Br)c1. The Kier molecular flexibility index (Phi) is 7.12. The number of rotatable bonds is 8. The van der Waals surface area contributed by atoms with Crippen LogP contribution in [0.3, 0.4) is 0 Å². The van der Waals surface area contributed by atoms with Crippen molar-refractivity contribution in [3.63, 3.8) is 0 Å². The quantitative estimate of drug-likeness (QED) is 0.508. The molecule has 0 radical (unpaired) electrons. The van der Waals surface area contributed by atoms with Gasteiger partial charge >= 0.3 is 0 Å². The molecule has 0 aliphatic carbocycles. The second kappa shape index (κ2) is 9.77. The number of hydrogen-bond donors (Lipinski definition) is 1. The number of ether oxygens (including phenoxy) is 1. The van der Waals surface area contributed by atoms with Crippen LogP contribution >= 0.6 is 15.9 Å². The molecule has 0 fully saturated rings. The molecule has 0 saturated heterocycles. The molecule has 0 bridgehead atoms. The van der Waals surface area contributed by atoms with Gasteiger partial charge in [0.1, 0.15) is 18.9 Å². The number of amides is 1. The summed E-state index contributed by atoms with van der Waals surface area (Å²) >= 11 is 3.32. The van der Waals surface area contributed by atoms with Crippen LogP contribution in [-0.2, 0) is 21.4 Å². The van der Waals surface area contributed by atoms with Crippen LogP contribution in [0.4, 0.5) is 11.4 Å². The molecule has 0 spiro atoms. The summed E-state index contributed by atoms with van der Waals surface area (Å²) in [6.45, 7) is 0.115. The van der Waals surface area contributed by atoms with Crippen molar-refractivity contribution in [3.05, 3.63) is 88.9 Å². The smallest absolute Gasteiger partial charge is 0.245 e. The maximum absolute atomic E-state index is 12.5. The number of nitrogens with one attached hydrogen (secondary N) is 1. The summed E-state index contributed by atoms with van der Waals surface area (Å²) in [4.78, 5) is 12.5. The van der Waals surface area contributed by atoms with Crippen LogP contribution in [0.25, 0.3) is 0 Å². The lowest BCUT2D eigenvalue weighted by Gasteiger charge is -2.22. The zero-order valence-electron chi connectivity index (χ0n) is 16.3. The second-order valence-electron chi connectivity index (χ2n) is 6.60. The lowest BCUT2D eigenvalue weighted by atomic mass is 10.2. The Balaban J connectivity index is 1.61. The Labute approximate surface area is 184 Å². The third-order valence-corrected chi connectivity index (χ3v) is 5.80. The fraction of sp³-hybridized carbons (Fsp3) is 0.136. The second-order valence-corrected chi connectivity index (χ2v) is 9.42. The Morgan fingerprint density at radius 3 is 2.33 bits per heavy atom. The predicted molar refractivity (Wildman–Crippen MR) is 122 cm³/mol. The number of anilines is 2. The van der Waals surface area contributed by atoms with Crippen LogP contribution < -0.4 is 14.4 Å². The average molecular weight is 489 g/mol. The van der Waals surface area contributed by atoms with E-state index in [0.717, 1.165) is 20.6 Å². The van der Waals surface area contributed by atoms with E-state index in [9.17, 15) is 13.2 Å². The fourth-order valence-electron chi connectivity index (χ4n) is 2.74. The van der Waals surface area contributed by atoms with Crippen molar-refractivity contribution < 1.29 is 17.9 Å². The maximum atomic E-state index is 12.5. The van der Waals surface area contributed by atoms with Gasteiger partial charge in [0.25, 0.3) is 0 Å². The van der Waals surface area contributed by atoms with Crippen molar-refractivity contribution in [1.82, 2.24) is 0 Å². The minimum Gasteiger partial charge on any atom is -0.489 e. The Morgan fingerprint density at radius 1 is 1.00 bits per heavy atom. The van der Waals surface area contributed by atoms with E-state index in [-0.39, 0.29) is 6.54 Å². The lowest BCUT2D eigenvalue weighted by molar-refractivity contribution is -0.114. The maximum Gasteiger partial charge on any atom is 0.245 e. The third kappa shape index (κ3) is 6.33. The van der Waals surface area contributed by atoms with Crippen LogP contribution in [0.5, 0.6) is 5.75 Å². The van der Waals surface area contributed by atoms with E-state index in [1.807, 2.05) is 30.3 Å². The first-order valence-corrected chi connectivity index (χ1v) is 11.8. The minimum atomic E-state index is -3.63. The van der Waals surface area contributed by atoms with Gasteiger partial charge in [0.15, 0.2) is 0 Å². The van der Waals surface area contributed by atoms with E-state index in [1.54, 1.807) is 48.5 Å². The summed E-state index contributed by atoms with van der Waals surface area (Å²) in [5, 5.41) is 2.72. The molecule has 0 unspecified atom stereocenters. The van der Waals surface area contributed by atoms with Crippen LogP contribution in [0, 0.1) is 0 Å². The van der Waals surface area contributed by atoms with Gasteiger partial charge in [0, 0.05) is 10.2 Å². The molecule has 6 nitrogen and oxygen atoms in total. The summed E-state index contributed by atoms with van der Waals surface area (Å²) < 4.78 is 31.9. The Bertz CT molecular complexity index is 1100. The predicted octanol–water partition coefficient (Wildman–Crippen LogP) is 4.43. The highest BCUT2D eigenvalue weighted by Gasteiger charge is 2.21. The number of carbonyl (C=O) groups excluding carboxylic acids is 1. The number of halogens is 1. The third-order valence-electron chi connectivity index (χ3n) is 4.17. The molecule has 1 amide bonds. The number of carbonyl (C=O) groups is 1. The van der Waals surface area contributed by atoms with Gasteiger partial charge in [-0.15, -0.1) is 0 Å². The van der Waals surface area contributed by atoms with Crippen molar-refractivity contribution >= 4 is 43.2 Å². The summed E-state index contributed by atoms with van der Waals surface area (Å²) in [5.41, 5.74) is 2.02. The first-order chi connectivity index (χ1) is 14.3. The van der Waals surface area contributed by atoms with Gasteiger partial charge in [-0.3, -0.25) is 9.10 Å². The molecule has 0 aliphatic rings. The van der Waals surface area contributed by atoms with Gasteiger partial charge < -0.3 is 10.1 Å². The largest absolute Gasteiger partial charge is 0.489 e. The van der Waals surface area contributed by atoms with Crippen LogP contribution in [0.2, 0.25) is 0 Å². The van der Waals surface area contributed by atoms with Gasteiger partial charge in [-0.05, 0) is 48.0 Å². The molecule has 0 aromatic heterocycles. The highest BCUT2D eigenvalue weighted by molar-refractivity contribution is 9.10. The molecule has 0 atom stereocenters. The lowest BCUT2D eigenvalue weighted by Crippen LogP contribution is -2.37. The van der Waals surface area contributed by atoms with Gasteiger partial charge in [-0.1, -0.05) is 52.3 Å². The van der Waals surface area contributed by atoms with Crippen LogP contribution in [0.1, 0.15) is 5.56 Å². The van der Waals surface area contributed by atoms with Crippen molar-refractivity contribution in [3.8, 4) is 5.75 Å². The number of nitrogens with zero attached hydrogens (tertiary/aromatic N) is 1. The number of sulfonamides is 1. The van der Waals surface area contributed by atoms with Crippen molar-refractivity contribution in [2.45, 2.75) is 6.61 Å². The summed E-state index contributed by atoms with van der Waals surface area (Å²) in [6.07, 6.45) is 1.07. The Hall–Kier alpha value is -2.84. The van der Waals surface area contributed by atoms with Gasteiger partial charge in [0.2, 0.25) is 15.9 Å². The first kappa shape index (κ1) is 21.9. The van der Waals surface area contributed by atoms with Crippen molar-refractivity contribution in [2.75, 3.05) is 22.4 Å². The molecule has 8 heteroatoms. The van der Waals surface area contributed by atoms with Crippen LogP contribution in [0.15, 0.2) is 83.3 Å². The summed E-state index contributed by atoms with van der Waals surface area (Å²) in [6, 6.07) is 23.5. The average Bonchev–Trinajstić information content (AvgIpc) is 2.71. The van der Waals surface area contributed by atoms with E-state index < -0.39 is 15.9 Å². The van der Waals surface area contributed by atoms with Crippen LogP contribution in [-0.4, -0.2) is 27.1 Å². The van der Waals surface area contributed by atoms with Gasteiger partial charge in [-0.2, -0.15) is 0 Å². The highest BCUT2D eigenvalue weighted by atomic mass is 79.9. The first-order valence-electron chi connectivity index (χ1n) is 9.11. The van der Waals surface area contributed by atoms with Crippen molar-refractivity contribution in [1.29, 1.82) is 0 Å². The van der Waals surface area contributed by atoms with E-state index in [4.69, 9.17) is 4.74 Å². The van der Waals surface area contributed by atoms with Gasteiger partial charge in [-0.25, -0.2) is 8.42 Å². The normalized spacial score (nSPS) is 11.0. The molecule has 0 heterocycles. The standard InChI is InChI=1S/C22H21BrN2O4S/c1-30(27,28)25(20-9-5-8-18(23)14-20)15-22(26)24-19-10-12-21(13-11-19)29-16-17-6-3-2-4-7-17/h2-14H,15-16H2,1H3,(H,24,26). The zero-order chi connectivity index (χ0) is 21.6. The van der Waals surface area contributed by atoms with Crippen molar-refractivity contribution in [2.24, 2.45) is 0 Å². The molecule has 3 rings (SSSR count). The molecule has 1 N–H and O–H groups in total. The summed E-state index contributed by atoms with van der Waals surface area (Å²) in [5.74, 6) is 0.224. The number of hydrogen-bond acceptors (Lipinski definition) is 4. The van der Waals surface area contributed by atoms with E-state index in [1.165, 1.54) is 0 Å². The van der Waals surface area contributed by atoms with Gasteiger partial charge in [0.05, 0.1) is 11.9 Å². The minimum absolute atomic E-state index is 0.332. The molecule has 156 valence electrons. The monoisotopic (exact) mass is 488 g/mol. The number of benzene rings is 3. The molecule has 0 aliphatic heterocycles. The Morgan fingerprint density at radius 2 is 1.70 bits per heavy atom.